The van der Waals surface area contributed by atoms with E-state index in [2.05, 4.69) is 31.3 Å². The Labute approximate surface area is 350 Å². The number of hydrogen-bond donors (Lipinski definition) is 4. The standard InChI is InChI=1S/C51H99NO4/c1-3-5-7-9-11-13-15-17-19-21-23-24-25-26-27-28-30-32-34-36-38-40-42-44-48(54)46-51(56)52-49(47-53)50(55)45-43-41-39-37-35-33-31-29-22-20-18-16-14-12-10-8-6-4-2/h35,37,43,45,48-50,53-55H,3-34,36,38-42,44,46-47H2,1-2H3,(H,52,56)/b37-35+,45-43+. The van der Waals surface area contributed by atoms with Crippen LogP contribution in [0.1, 0.15) is 271 Å². The molecule has 3 atom stereocenters. The van der Waals surface area contributed by atoms with Gasteiger partial charge in [-0.05, 0) is 32.1 Å². The molecular formula is C51H99NO4. The molecule has 0 rings (SSSR count). The van der Waals surface area contributed by atoms with E-state index in [0.717, 1.165) is 32.1 Å². The van der Waals surface area contributed by atoms with E-state index in [9.17, 15) is 20.1 Å². The van der Waals surface area contributed by atoms with Crippen LogP contribution in [0.2, 0.25) is 0 Å². The highest BCUT2D eigenvalue weighted by molar-refractivity contribution is 5.76. The van der Waals surface area contributed by atoms with Crippen LogP contribution in [-0.4, -0.2) is 46.1 Å². The Hall–Kier alpha value is -1.17. The lowest BCUT2D eigenvalue weighted by Crippen LogP contribution is -2.45. The van der Waals surface area contributed by atoms with Gasteiger partial charge in [-0.15, -0.1) is 0 Å². The quantitative estimate of drug-likeness (QED) is 0.0365. The lowest BCUT2D eigenvalue weighted by molar-refractivity contribution is -0.124. The lowest BCUT2D eigenvalue weighted by Gasteiger charge is -2.21. The molecule has 0 fully saturated rings. The Balaban J connectivity index is 3.61. The smallest absolute Gasteiger partial charge is 0.222 e. The molecule has 0 radical (unpaired) electrons. The van der Waals surface area contributed by atoms with Crippen LogP contribution in [0, 0.1) is 0 Å². The summed E-state index contributed by atoms with van der Waals surface area (Å²) in [4.78, 5) is 12.5. The van der Waals surface area contributed by atoms with Crippen LogP contribution in [0.3, 0.4) is 0 Å². The summed E-state index contributed by atoms with van der Waals surface area (Å²) in [5.41, 5.74) is 0. The van der Waals surface area contributed by atoms with E-state index in [1.54, 1.807) is 6.08 Å². The van der Waals surface area contributed by atoms with Gasteiger partial charge in [0.25, 0.3) is 0 Å². The first-order chi connectivity index (χ1) is 27.5. The second-order valence-corrected chi connectivity index (χ2v) is 17.4. The first kappa shape index (κ1) is 54.8. The molecule has 0 heterocycles. The summed E-state index contributed by atoms with van der Waals surface area (Å²) in [6, 6.07) is -0.758. The molecule has 0 aromatic heterocycles. The van der Waals surface area contributed by atoms with Gasteiger partial charge in [0.15, 0.2) is 0 Å². The zero-order chi connectivity index (χ0) is 40.8. The van der Waals surface area contributed by atoms with E-state index >= 15 is 0 Å². The molecular weight excluding hydrogens is 691 g/mol. The van der Waals surface area contributed by atoms with Gasteiger partial charge in [-0.3, -0.25) is 4.79 Å². The number of amides is 1. The molecule has 5 heteroatoms. The van der Waals surface area contributed by atoms with Gasteiger partial charge in [0.2, 0.25) is 5.91 Å². The molecule has 0 aliphatic heterocycles. The molecule has 0 saturated heterocycles. The number of carbonyl (C=O) groups is 1. The minimum atomic E-state index is -0.949. The minimum Gasteiger partial charge on any atom is -0.394 e. The topological polar surface area (TPSA) is 89.8 Å². The predicted octanol–water partition coefficient (Wildman–Crippen LogP) is 14.9. The number of nitrogens with one attached hydrogen (secondary N) is 1. The maximum Gasteiger partial charge on any atom is 0.222 e. The summed E-state index contributed by atoms with van der Waals surface area (Å²) >= 11 is 0. The zero-order valence-electron chi connectivity index (χ0n) is 37.8. The van der Waals surface area contributed by atoms with Crippen LogP contribution >= 0.6 is 0 Å². The van der Waals surface area contributed by atoms with Crippen LogP contribution < -0.4 is 5.32 Å². The van der Waals surface area contributed by atoms with E-state index in [1.165, 1.54) is 212 Å². The lowest BCUT2D eigenvalue weighted by atomic mass is 10.0. The van der Waals surface area contributed by atoms with Crippen molar-refractivity contribution in [3.63, 3.8) is 0 Å². The number of aliphatic hydroxyl groups is 3. The van der Waals surface area contributed by atoms with Crippen LogP contribution in [-0.2, 0) is 4.79 Å². The molecule has 0 spiro atoms. The van der Waals surface area contributed by atoms with Gasteiger partial charge in [-0.25, -0.2) is 0 Å². The number of aliphatic hydroxyl groups excluding tert-OH is 3. The zero-order valence-corrected chi connectivity index (χ0v) is 37.8. The summed E-state index contributed by atoms with van der Waals surface area (Å²) in [5, 5.41) is 33.3. The summed E-state index contributed by atoms with van der Waals surface area (Å²) in [6.45, 7) is 4.23. The third kappa shape index (κ3) is 42.4. The number of hydrogen-bond acceptors (Lipinski definition) is 4. The number of unbranched alkanes of at least 4 members (excludes halogenated alkanes) is 35. The van der Waals surface area contributed by atoms with Crippen molar-refractivity contribution >= 4 is 5.91 Å². The van der Waals surface area contributed by atoms with Crippen LogP contribution in [0.4, 0.5) is 0 Å². The van der Waals surface area contributed by atoms with Gasteiger partial charge in [0.05, 0.1) is 31.3 Å². The Bertz CT molecular complexity index is 829. The SMILES string of the molecule is CCCCCCCCCCCCCC/C=C/CC/C=C/C(O)C(CO)NC(=O)CC(O)CCCCCCCCCCCCCCCCCCCCCCCCC. The molecule has 0 aromatic rings. The molecule has 56 heavy (non-hydrogen) atoms. The summed E-state index contributed by atoms with van der Waals surface area (Å²) in [6.07, 6.45) is 57.7. The third-order valence-corrected chi connectivity index (χ3v) is 11.7. The van der Waals surface area contributed by atoms with Gasteiger partial charge in [-0.2, -0.15) is 0 Å². The minimum absolute atomic E-state index is 0.0102. The molecule has 4 N–H and O–H groups in total. The van der Waals surface area contributed by atoms with Crippen molar-refractivity contribution in [2.75, 3.05) is 6.61 Å². The highest BCUT2D eigenvalue weighted by atomic mass is 16.3. The average Bonchev–Trinajstić information content (AvgIpc) is 3.19. The van der Waals surface area contributed by atoms with Gasteiger partial charge < -0.3 is 20.6 Å². The fourth-order valence-corrected chi connectivity index (χ4v) is 7.89. The Morgan fingerprint density at radius 3 is 1.14 bits per heavy atom. The highest BCUT2D eigenvalue weighted by Crippen LogP contribution is 2.17. The molecule has 0 aliphatic rings. The summed E-state index contributed by atoms with van der Waals surface area (Å²) < 4.78 is 0. The normalized spacial score (nSPS) is 13.6. The average molecular weight is 790 g/mol. The summed E-state index contributed by atoms with van der Waals surface area (Å²) in [5.74, 6) is -0.321. The van der Waals surface area contributed by atoms with E-state index in [4.69, 9.17) is 0 Å². The van der Waals surface area contributed by atoms with E-state index in [1.807, 2.05) is 6.08 Å². The van der Waals surface area contributed by atoms with Crippen molar-refractivity contribution in [3.05, 3.63) is 24.3 Å². The molecule has 0 aromatic carbocycles. The Morgan fingerprint density at radius 2 is 0.768 bits per heavy atom. The number of rotatable bonds is 46. The van der Waals surface area contributed by atoms with E-state index in [-0.39, 0.29) is 18.9 Å². The van der Waals surface area contributed by atoms with E-state index in [0.29, 0.717) is 6.42 Å². The first-order valence-electron chi connectivity index (χ1n) is 25.1. The van der Waals surface area contributed by atoms with E-state index < -0.39 is 18.2 Å². The van der Waals surface area contributed by atoms with Crippen LogP contribution in [0.25, 0.3) is 0 Å². The van der Waals surface area contributed by atoms with Crippen molar-refractivity contribution in [3.8, 4) is 0 Å². The van der Waals surface area contributed by atoms with Gasteiger partial charge >= 0.3 is 0 Å². The number of allylic oxidation sites excluding steroid dienone is 3. The molecule has 332 valence electrons. The fourth-order valence-electron chi connectivity index (χ4n) is 7.89. The fraction of sp³-hybridized carbons (Fsp3) is 0.902. The maximum absolute atomic E-state index is 12.5. The van der Waals surface area contributed by atoms with Crippen molar-refractivity contribution in [2.45, 2.75) is 289 Å². The monoisotopic (exact) mass is 790 g/mol. The Kier molecular flexibility index (Phi) is 45.5. The molecule has 0 bridgehead atoms. The highest BCUT2D eigenvalue weighted by Gasteiger charge is 2.20. The van der Waals surface area contributed by atoms with Crippen molar-refractivity contribution in [1.82, 2.24) is 5.32 Å². The van der Waals surface area contributed by atoms with Crippen molar-refractivity contribution in [2.24, 2.45) is 0 Å². The second-order valence-electron chi connectivity index (χ2n) is 17.4. The molecule has 0 saturated carbocycles. The largest absolute Gasteiger partial charge is 0.394 e. The van der Waals surface area contributed by atoms with Gasteiger partial charge in [-0.1, -0.05) is 256 Å². The van der Waals surface area contributed by atoms with Crippen molar-refractivity contribution in [1.29, 1.82) is 0 Å². The number of carbonyl (C=O) groups excluding carboxylic acids is 1. The van der Waals surface area contributed by atoms with Crippen LogP contribution in [0.5, 0.6) is 0 Å². The maximum atomic E-state index is 12.5. The molecule has 5 nitrogen and oxygen atoms in total. The van der Waals surface area contributed by atoms with Crippen molar-refractivity contribution < 1.29 is 20.1 Å². The van der Waals surface area contributed by atoms with Gasteiger partial charge in [0.1, 0.15) is 0 Å². The first-order valence-corrected chi connectivity index (χ1v) is 25.1. The molecule has 0 aliphatic carbocycles. The van der Waals surface area contributed by atoms with Crippen LogP contribution in [0.15, 0.2) is 24.3 Å². The summed E-state index contributed by atoms with van der Waals surface area (Å²) in [7, 11) is 0. The van der Waals surface area contributed by atoms with Gasteiger partial charge in [0, 0.05) is 0 Å². The predicted molar refractivity (Wildman–Crippen MR) is 245 cm³/mol. The third-order valence-electron chi connectivity index (χ3n) is 11.7. The second kappa shape index (κ2) is 46.5. The molecule has 3 unspecified atom stereocenters. The Morgan fingerprint density at radius 1 is 0.446 bits per heavy atom. The molecule has 1 amide bonds.